The average Bonchev–Trinajstić information content (AvgIpc) is 1.84. The second-order valence-electron chi connectivity index (χ2n) is 3.17. The molecule has 0 aliphatic heterocycles. The van der Waals surface area contributed by atoms with Crippen molar-refractivity contribution in [3.8, 4) is 0 Å². The molecule has 0 N–H and O–H groups in total. The van der Waals surface area contributed by atoms with Crippen molar-refractivity contribution in [3.63, 3.8) is 0 Å². The maximum Gasteiger partial charge on any atom is 0.339 e. The zero-order valence-corrected chi connectivity index (χ0v) is 7.64. The van der Waals surface area contributed by atoms with E-state index in [9.17, 15) is 4.79 Å². The first-order valence-corrected chi connectivity index (χ1v) is 3.84. The van der Waals surface area contributed by atoms with Gasteiger partial charge in [0.2, 0.25) is 0 Å². The van der Waals surface area contributed by atoms with Crippen LogP contribution >= 0.6 is 0 Å². The predicted octanol–water partition coefficient (Wildman–Crippen LogP) is 2.06. The van der Waals surface area contributed by atoms with Gasteiger partial charge in [-0.15, -0.1) is 0 Å². The minimum Gasteiger partial charge on any atom is -0.298 e. The van der Waals surface area contributed by atoms with Gasteiger partial charge in [-0.2, -0.15) is 4.89 Å². The topological polar surface area (TPSA) is 35.5 Å². The molecule has 0 fully saturated rings. The summed E-state index contributed by atoms with van der Waals surface area (Å²) in [6, 6.07) is 0. The highest BCUT2D eigenvalue weighted by Crippen LogP contribution is 2.16. The zero-order valence-electron chi connectivity index (χ0n) is 7.64. The lowest BCUT2D eigenvalue weighted by Gasteiger charge is -2.21. The Morgan fingerprint density at radius 2 is 2.00 bits per heavy atom. The highest BCUT2D eigenvalue weighted by Gasteiger charge is 2.19. The van der Waals surface area contributed by atoms with Gasteiger partial charge in [0, 0.05) is 6.92 Å². The summed E-state index contributed by atoms with van der Waals surface area (Å²) in [6.07, 6.45) is 1.88. The van der Waals surface area contributed by atoms with Gasteiger partial charge in [0.15, 0.2) is 0 Å². The van der Waals surface area contributed by atoms with Gasteiger partial charge in [0.25, 0.3) is 0 Å². The summed E-state index contributed by atoms with van der Waals surface area (Å²) in [7, 11) is 0. The van der Waals surface area contributed by atoms with Gasteiger partial charge in [-0.1, -0.05) is 13.3 Å². The smallest absolute Gasteiger partial charge is 0.298 e. The Morgan fingerprint density at radius 3 is 2.36 bits per heavy atom. The van der Waals surface area contributed by atoms with E-state index in [2.05, 4.69) is 11.8 Å². The molecule has 0 bridgehead atoms. The average molecular weight is 160 g/mol. The van der Waals surface area contributed by atoms with E-state index < -0.39 is 5.97 Å². The Kier molecular flexibility index (Phi) is 4.11. The molecule has 0 aliphatic carbocycles. The molecule has 0 unspecified atom stereocenters. The van der Waals surface area contributed by atoms with Gasteiger partial charge in [-0.3, -0.25) is 4.89 Å². The van der Waals surface area contributed by atoms with Crippen LogP contribution in [0, 0.1) is 0 Å². The predicted molar refractivity (Wildman–Crippen MR) is 41.8 cm³/mol. The van der Waals surface area contributed by atoms with E-state index in [1.165, 1.54) is 6.92 Å². The molecule has 0 radical (unpaired) electrons. The van der Waals surface area contributed by atoms with Crippen LogP contribution in [0.2, 0.25) is 0 Å². The molecule has 0 aliphatic rings. The normalized spacial score (nSPS) is 11.3. The maximum absolute atomic E-state index is 10.3. The number of rotatable bonds is 4. The Bertz CT molecular complexity index is 129. The van der Waals surface area contributed by atoms with Crippen molar-refractivity contribution in [1.82, 2.24) is 0 Å². The maximum atomic E-state index is 10.3. The second-order valence-corrected chi connectivity index (χ2v) is 3.17. The summed E-state index contributed by atoms with van der Waals surface area (Å²) in [5, 5.41) is 0. The van der Waals surface area contributed by atoms with Crippen LogP contribution in [0.4, 0.5) is 0 Å². The van der Waals surface area contributed by atoms with E-state index in [4.69, 9.17) is 4.89 Å². The molecule has 11 heavy (non-hydrogen) atoms. The zero-order chi connectivity index (χ0) is 8.91. The van der Waals surface area contributed by atoms with Crippen LogP contribution in [-0.4, -0.2) is 11.6 Å². The van der Waals surface area contributed by atoms with Gasteiger partial charge in [0.1, 0.15) is 5.60 Å². The molecule has 0 saturated heterocycles. The van der Waals surface area contributed by atoms with E-state index in [1.54, 1.807) is 0 Å². The minimum atomic E-state index is -0.408. The van der Waals surface area contributed by atoms with Crippen LogP contribution in [0.5, 0.6) is 0 Å². The van der Waals surface area contributed by atoms with Gasteiger partial charge in [-0.25, -0.2) is 4.79 Å². The molecule has 0 rings (SSSR count). The van der Waals surface area contributed by atoms with Crippen LogP contribution in [0.1, 0.15) is 40.5 Å². The molecular weight excluding hydrogens is 144 g/mol. The van der Waals surface area contributed by atoms with E-state index in [-0.39, 0.29) is 5.60 Å². The molecule has 0 aromatic rings. The molecule has 0 aromatic carbocycles. The van der Waals surface area contributed by atoms with Crippen LogP contribution in [0.3, 0.4) is 0 Å². The molecule has 0 heterocycles. The largest absolute Gasteiger partial charge is 0.339 e. The molecule has 0 aromatic heterocycles. The van der Waals surface area contributed by atoms with Gasteiger partial charge in [-0.05, 0) is 20.3 Å². The molecule has 3 heteroatoms. The molecule has 0 saturated carbocycles. The molecule has 66 valence electrons. The van der Waals surface area contributed by atoms with Crippen molar-refractivity contribution in [1.29, 1.82) is 0 Å². The number of hydrogen-bond donors (Lipinski definition) is 0. The van der Waals surface area contributed by atoms with E-state index >= 15 is 0 Å². The Hall–Kier alpha value is -0.570. The Balaban J connectivity index is 3.63. The monoisotopic (exact) mass is 160 g/mol. The van der Waals surface area contributed by atoms with Crippen molar-refractivity contribution < 1.29 is 14.6 Å². The van der Waals surface area contributed by atoms with Gasteiger partial charge >= 0.3 is 5.97 Å². The van der Waals surface area contributed by atoms with E-state index in [0.717, 1.165) is 12.8 Å². The van der Waals surface area contributed by atoms with Crippen LogP contribution < -0.4 is 0 Å². The summed E-state index contributed by atoms with van der Waals surface area (Å²) in [4.78, 5) is 19.6. The van der Waals surface area contributed by atoms with E-state index in [0.29, 0.717) is 0 Å². The van der Waals surface area contributed by atoms with Gasteiger partial charge < -0.3 is 0 Å². The quantitative estimate of drug-likeness (QED) is 0.466. The standard InChI is InChI=1S/C8H16O3/c1-5-6-8(3,4)11-10-7(2)9/h5-6H2,1-4H3. The summed E-state index contributed by atoms with van der Waals surface area (Å²) in [6.45, 7) is 7.15. The fraction of sp³-hybridized carbons (Fsp3) is 0.875. The lowest BCUT2D eigenvalue weighted by Crippen LogP contribution is -2.25. The minimum absolute atomic E-state index is 0.361. The highest BCUT2D eigenvalue weighted by atomic mass is 17.2. The number of hydrogen-bond acceptors (Lipinski definition) is 3. The number of carbonyl (C=O) groups excluding carboxylic acids is 1. The van der Waals surface area contributed by atoms with Crippen LogP contribution in [0.15, 0.2) is 0 Å². The first kappa shape index (κ1) is 10.4. The number of carbonyl (C=O) groups is 1. The fourth-order valence-corrected chi connectivity index (χ4v) is 0.815. The third kappa shape index (κ3) is 5.85. The van der Waals surface area contributed by atoms with Crippen molar-refractivity contribution >= 4 is 5.97 Å². The first-order chi connectivity index (χ1) is 4.98. The van der Waals surface area contributed by atoms with Crippen LogP contribution in [0.25, 0.3) is 0 Å². The van der Waals surface area contributed by atoms with Gasteiger partial charge in [0.05, 0.1) is 0 Å². The van der Waals surface area contributed by atoms with Crippen molar-refractivity contribution in [2.75, 3.05) is 0 Å². The van der Waals surface area contributed by atoms with Crippen LogP contribution in [-0.2, 0) is 14.6 Å². The van der Waals surface area contributed by atoms with E-state index in [1.807, 2.05) is 13.8 Å². The lowest BCUT2D eigenvalue weighted by molar-refractivity contribution is -0.324. The SMILES string of the molecule is CCCC(C)(C)OOC(C)=O. The molecular formula is C8H16O3. The molecule has 3 nitrogen and oxygen atoms in total. The summed E-state index contributed by atoms with van der Waals surface area (Å²) < 4.78 is 0. The summed E-state index contributed by atoms with van der Waals surface area (Å²) in [5.41, 5.74) is -0.361. The Morgan fingerprint density at radius 1 is 1.45 bits per heavy atom. The van der Waals surface area contributed by atoms with Crippen molar-refractivity contribution in [2.45, 2.75) is 46.1 Å². The van der Waals surface area contributed by atoms with Crippen molar-refractivity contribution in [3.05, 3.63) is 0 Å². The first-order valence-electron chi connectivity index (χ1n) is 3.84. The third-order valence-corrected chi connectivity index (χ3v) is 1.24. The third-order valence-electron chi connectivity index (χ3n) is 1.24. The highest BCUT2D eigenvalue weighted by molar-refractivity contribution is 5.65. The summed E-state index contributed by atoms with van der Waals surface area (Å²) in [5.74, 6) is -0.408. The fourth-order valence-electron chi connectivity index (χ4n) is 0.815. The lowest BCUT2D eigenvalue weighted by atomic mass is 10.0. The molecule has 0 atom stereocenters. The molecule has 0 spiro atoms. The molecule has 0 amide bonds. The Labute approximate surface area is 67.6 Å². The van der Waals surface area contributed by atoms with Crippen molar-refractivity contribution in [2.24, 2.45) is 0 Å². The summed E-state index contributed by atoms with van der Waals surface area (Å²) >= 11 is 0. The second kappa shape index (κ2) is 4.34.